The number of hydrogen-bond donors (Lipinski definition) is 2. The maximum atomic E-state index is 9.25. The van der Waals surface area contributed by atoms with Crippen molar-refractivity contribution < 1.29 is 5.11 Å². The summed E-state index contributed by atoms with van der Waals surface area (Å²) in [6, 6.07) is 20.2. The number of anilines is 1. The molecule has 24 heavy (non-hydrogen) atoms. The van der Waals surface area contributed by atoms with E-state index >= 15 is 0 Å². The number of nitrogen functional groups attached to an aromatic ring is 1. The number of aryl methyl sites for hydroxylation is 1. The third-order valence-electron chi connectivity index (χ3n) is 4.38. The van der Waals surface area contributed by atoms with Gasteiger partial charge in [-0.25, -0.2) is 4.98 Å². The smallest absolute Gasteiger partial charge is 0.0788 e. The predicted molar refractivity (Wildman–Crippen MR) is 99.8 cm³/mol. The Hall–Kier alpha value is -2.91. The molecule has 3 nitrogen and oxygen atoms in total. The lowest BCUT2D eigenvalue weighted by atomic mass is 9.98. The first-order chi connectivity index (χ1) is 11.7. The molecule has 1 heterocycles. The van der Waals surface area contributed by atoms with Gasteiger partial charge in [0, 0.05) is 22.0 Å². The molecule has 118 valence electrons. The highest BCUT2D eigenvalue weighted by Gasteiger charge is 2.11. The van der Waals surface area contributed by atoms with Crippen LogP contribution in [0.1, 0.15) is 11.1 Å². The second kappa shape index (κ2) is 5.62. The molecule has 0 saturated heterocycles. The van der Waals surface area contributed by atoms with Crippen LogP contribution in [0.25, 0.3) is 32.9 Å². The molecule has 0 aliphatic heterocycles. The lowest BCUT2D eigenvalue weighted by Gasteiger charge is -2.11. The molecule has 0 aliphatic carbocycles. The molecule has 4 aromatic rings. The summed E-state index contributed by atoms with van der Waals surface area (Å²) in [5, 5.41) is 12.6. The third-order valence-corrected chi connectivity index (χ3v) is 4.38. The first kappa shape index (κ1) is 14.7. The average molecular weight is 314 g/mol. The first-order valence-electron chi connectivity index (χ1n) is 7.95. The molecular formula is C21H18N2O. The number of aromatic nitrogens is 1. The zero-order valence-electron chi connectivity index (χ0n) is 13.5. The quantitative estimate of drug-likeness (QED) is 0.425. The van der Waals surface area contributed by atoms with Gasteiger partial charge >= 0.3 is 0 Å². The van der Waals surface area contributed by atoms with Crippen molar-refractivity contribution in [3.05, 3.63) is 71.8 Å². The minimum atomic E-state index is 0.0400. The molecule has 3 heteroatoms. The molecule has 3 N–H and O–H groups in total. The molecule has 0 unspecified atom stereocenters. The number of hydrogen-bond acceptors (Lipinski definition) is 3. The maximum absolute atomic E-state index is 9.25. The van der Waals surface area contributed by atoms with E-state index in [0.29, 0.717) is 0 Å². The molecule has 0 atom stereocenters. The van der Waals surface area contributed by atoms with Crippen LogP contribution >= 0.6 is 0 Å². The van der Waals surface area contributed by atoms with Crippen LogP contribution in [0.2, 0.25) is 0 Å². The largest absolute Gasteiger partial charge is 0.399 e. The van der Waals surface area contributed by atoms with Gasteiger partial charge in [0.2, 0.25) is 0 Å². The Bertz CT molecular complexity index is 1050. The molecule has 0 saturated carbocycles. The predicted octanol–water partition coefficient (Wildman–Crippen LogP) is 4.44. The lowest BCUT2D eigenvalue weighted by Crippen LogP contribution is -1.93. The molecule has 0 amide bonds. The van der Waals surface area contributed by atoms with Crippen molar-refractivity contribution in [2.75, 3.05) is 5.73 Å². The summed E-state index contributed by atoms with van der Waals surface area (Å²) in [6.45, 7) is 2.11. The average Bonchev–Trinajstić information content (AvgIpc) is 2.60. The number of nitrogens with two attached hydrogens (primary N) is 1. The van der Waals surface area contributed by atoms with E-state index in [1.54, 1.807) is 0 Å². The van der Waals surface area contributed by atoms with Crippen molar-refractivity contribution in [1.29, 1.82) is 0 Å². The molecule has 0 bridgehead atoms. The van der Waals surface area contributed by atoms with Crippen molar-refractivity contribution in [2.24, 2.45) is 0 Å². The Balaban J connectivity index is 2.08. The van der Waals surface area contributed by atoms with Crippen LogP contribution < -0.4 is 5.73 Å². The van der Waals surface area contributed by atoms with Gasteiger partial charge in [-0.15, -0.1) is 0 Å². The Morgan fingerprint density at radius 2 is 1.62 bits per heavy atom. The Labute approximate surface area is 140 Å². The summed E-state index contributed by atoms with van der Waals surface area (Å²) in [5.41, 5.74) is 11.7. The van der Waals surface area contributed by atoms with Crippen molar-refractivity contribution in [3.8, 4) is 11.3 Å². The van der Waals surface area contributed by atoms with Crippen molar-refractivity contribution in [1.82, 2.24) is 4.98 Å². The fraction of sp³-hybridized carbons (Fsp3) is 0.0952. The normalized spacial score (nSPS) is 11.2. The van der Waals surface area contributed by atoms with Gasteiger partial charge < -0.3 is 10.8 Å². The van der Waals surface area contributed by atoms with E-state index in [2.05, 4.69) is 31.2 Å². The number of aliphatic hydroxyl groups excluding tert-OH is 1. The van der Waals surface area contributed by atoms with Gasteiger partial charge in [0.1, 0.15) is 0 Å². The van der Waals surface area contributed by atoms with E-state index < -0.39 is 0 Å². The van der Waals surface area contributed by atoms with Crippen LogP contribution in [0.5, 0.6) is 0 Å². The Morgan fingerprint density at radius 1 is 0.875 bits per heavy atom. The van der Waals surface area contributed by atoms with E-state index in [-0.39, 0.29) is 6.61 Å². The van der Waals surface area contributed by atoms with Gasteiger partial charge in [-0.3, -0.25) is 0 Å². The van der Waals surface area contributed by atoms with Crippen molar-refractivity contribution >= 4 is 27.4 Å². The fourth-order valence-corrected chi connectivity index (χ4v) is 3.12. The number of pyridine rings is 1. The van der Waals surface area contributed by atoms with E-state index in [1.807, 2.05) is 36.4 Å². The monoisotopic (exact) mass is 314 g/mol. The van der Waals surface area contributed by atoms with E-state index in [0.717, 1.165) is 44.2 Å². The molecule has 1 aromatic heterocycles. The summed E-state index contributed by atoms with van der Waals surface area (Å²) in [5.74, 6) is 0. The van der Waals surface area contributed by atoms with Crippen molar-refractivity contribution in [3.63, 3.8) is 0 Å². The Kier molecular flexibility index (Phi) is 3.44. The molecule has 3 aromatic carbocycles. The summed E-state index contributed by atoms with van der Waals surface area (Å²) in [6.07, 6.45) is 0. The van der Waals surface area contributed by atoms with Crippen LogP contribution in [-0.2, 0) is 6.61 Å². The van der Waals surface area contributed by atoms with Gasteiger partial charge in [0.15, 0.2) is 0 Å². The highest BCUT2D eigenvalue weighted by atomic mass is 16.3. The molecule has 0 aliphatic rings. The number of nitrogens with zero attached hydrogens (tertiary/aromatic N) is 1. The molecule has 0 spiro atoms. The summed E-state index contributed by atoms with van der Waals surface area (Å²) >= 11 is 0. The van der Waals surface area contributed by atoms with E-state index in [9.17, 15) is 5.11 Å². The number of rotatable bonds is 2. The number of benzene rings is 3. The zero-order chi connectivity index (χ0) is 16.7. The standard InChI is InChI=1S/C21H18N2O/c1-13-2-8-18-17-9-7-16(22)11-19(17)21(23-20(18)10-13)15-5-3-14(12-24)4-6-15/h2-11,24H,12,22H2,1H3. The SMILES string of the molecule is Cc1ccc2c(c1)nc(-c1ccc(CO)cc1)c1cc(N)ccc12. The third kappa shape index (κ3) is 2.39. The topological polar surface area (TPSA) is 59.1 Å². The Morgan fingerprint density at radius 3 is 2.38 bits per heavy atom. The van der Waals surface area contributed by atoms with Crippen LogP contribution in [0.4, 0.5) is 5.69 Å². The summed E-state index contributed by atoms with van der Waals surface area (Å²) in [4.78, 5) is 4.91. The lowest BCUT2D eigenvalue weighted by molar-refractivity contribution is 0.282. The fourth-order valence-electron chi connectivity index (χ4n) is 3.12. The van der Waals surface area contributed by atoms with Crippen LogP contribution in [-0.4, -0.2) is 10.1 Å². The molecule has 4 rings (SSSR count). The maximum Gasteiger partial charge on any atom is 0.0788 e. The van der Waals surface area contributed by atoms with Crippen LogP contribution in [0.15, 0.2) is 60.7 Å². The first-order valence-corrected chi connectivity index (χ1v) is 7.95. The summed E-state index contributed by atoms with van der Waals surface area (Å²) < 4.78 is 0. The second-order valence-corrected chi connectivity index (χ2v) is 6.14. The van der Waals surface area contributed by atoms with Gasteiger partial charge in [0.05, 0.1) is 17.8 Å². The van der Waals surface area contributed by atoms with Crippen LogP contribution in [0.3, 0.4) is 0 Å². The van der Waals surface area contributed by atoms with Gasteiger partial charge in [-0.05, 0) is 41.6 Å². The van der Waals surface area contributed by atoms with E-state index in [1.165, 1.54) is 5.56 Å². The van der Waals surface area contributed by atoms with Gasteiger partial charge in [0.25, 0.3) is 0 Å². The minimum Gasteiger partial charge on any atom is -0.399 e. The number of aliphatic hydroxyl groups is 1. The highest BCUT2D eigenvalue weighted by molar-refractivity contribution is 6.11. The molecular weight excluding hydrogens is 296 g/mol. The minimum absolute atomic E-state index is 0.0400. The molecule has 0 radical (unpaired) electrons. The summed E-state index contributed by atoms with van der Waals surface area (Å²) in [7, 11) is 0. The van der Waals surface area contributed by atoms with Gasteiger partial charge in [-0.1, -0.05) is 42.5 Å². The van der Waals surface area contributed by atoms with Gasteiger partial charge in [-0.2, -0.15) is 0 Å². The molecule has 0 fully saturated rings. The van der Waals surface area contributed by atoms with Crippen LogP contribution in [0, 0.1) is 6.92 Å². The second-order valence-electron chi connectivity index (χ2n) is 6.14. The highest BCUT2D eigenvalue weighted by Crippen LogP contribution is 2.34. The number of fused-ring (bicyclic) bond motifs is 3. The van der Waals surface area contributed by atoms with Crippen molar-refractivity contribution in [2.45, 2.75) is 13.5 Å². The van der Waals surface area contributed by atoms with E-state index in [4.69, 9.17) is 10.7 Å². The zero-order valence-corrected chi connectivity index (χ0v) is 13.5.